The Labute approximate surface area is 222 Å². The third kappa shape index (κ3) is 8.68. The Hall–Kier alpha value is -3.21. The molecule has 2 unspecified atom stereocenters. The number of aliphatic hydroxyl groups is 1. The summed E-state index contributed by atoms with van der Waals surface area (Å²) in [6.07, 6.45) is 0.455. The number of carbonyl (C=O) groups excluding carboxylic acids is 3. The van der Waals surface area contributed by atoms with Gasteiger partial charge in [-0.15, -0.1) is 0 Å². The minimum absolute atomic E-state index is 0.0171. The fraction of sp³-hybridized carbons (Fsp3) is 0.464. The molecule has 0 spiro atoms. The molecule has 1 aliphatic heterocycles. The van der Waals surface area contributed by atoms with Crippen molar-refractivity contribution in [3.8, 4) is 0 Å². The molecular weight excluding hydrogens is 494 g/mol. The lowest BCUT2D eigenvalue weighted by atomic mass is 10.0. The molecule has 0 aromatic heterocycles. The van der Waals surface area contributed by atoms with Gasteiger partial charge in [0.2, 0.25) is 17.7 Å². The predicted molar refractivity (Wildman–Crippen MR) is 139 cm³/mol. The van der Waals surface area contributed by atoms with E-state index < -0.39 is 29.7 Å². The number of imide groups is 1. The van der Waals surface area contributed by atoms with Crippen molar-refractivity contribution in [2.45, 2.75) is 51.8 Å². The molecule has 10 heteroatoms. The molecule has 0 saturated carbocycles. The van der Waals surface area contributed by atoms with Gasteiger partial charge in [-0.25, -0.2) is 8.78 Å². The zero-order valence-corrected chi connectivity index (χ0v) is 21.9. The van der Waals surface area contributed by atoms with Gasteiger partial charge in [0.05, 0.1) is 31.8 Å². The Morgan fingerprint density at radius 2 is 1.66 bits per heavy atom. The van der Waals surface area contributed by atoms with E-state index in [0.29, 0.717) is 19.5 Å². The quantitative estimate of drug-likeness (QED) is 0.342. The van der Waals surface area contributed by atoms with Gasteiger partial charge in [-0.1, -0.05) is 38.1 Å². The highest BCUT2D eigenvalue weighted by Gasteiger charge is 2.32. The molecule has 3 rings (SSSR count). The molecule has 1 saturated heterocycles. The van der Waals surface area contributed by atoms with Crippen LogP contribution in [0.2, 0.25) is 0 Å². The second-order valence-corrected chi connectivity index (χ2v) is 9.61. The number of hydrogen-bond acceptors (Lipinski definition) is 6. The van der Waals surface area contributed by atoms with E-state index >= 15 is 0 Å². The van der Waals surface area contributed by atoms with Gasteiger partial charge >= 0.3 is 0 Å². The van der Waals surface area contributed by atoms with E-state index in [2.05, 4.69) is 23.6 Å². The minimum Gasteiger partial charge on any atom is -0.390 e. The molecule has 3 amide bonds. The molecule has 1 aliphatic rings. The summed E-state index contributed by atoms with van der Waals surface area (Å²) in [7, 11) is 0. The third-order valence-electron chi connectivity index (χ3n) is 6.41. The molecular formula is C28H36F2N4O4. The van der Waals surface area contributed by atoms with Gasteiger partial charge in [0.1, 0.15) is 11.6 Å². The zero-order chi connectivity index (χ0) is 27.7. The maximum Gasteiger partial charge on any atom is 0.243 e. The van der Waals surface area contributed by atoms with Crippen LogP contribution in [-0.2, 0) is 33.8 Å². The van der Waals surface area contributed by atoms with Crippen molar-refractivity contribution in [1.82, 2.24) is 20.4 Å². The van der Waals surface area contributed by atoms with Gasteiger partial charge in [-0.05, 0) is 48.1 Å². The molecule has 2 atom stereocenters. The first-order chi connectivity index (χ1) is 18.2. The van der Waals surface area contributed by atoms with Crippen molar-refractivity contribution in [3.05, 3.63) is 70.8 Å². The minimum atomic E-state index is -1.08. The number of benzene rings is 2. The van der Waals surface area contributed by atoms with E-state index in [4.69, 9.17) is 0 Å². The van der Waals surface area contributed by atoms with Crippen molar-refractivity contribution >= 4 is 17.7 Å². The first-order valence-corrected chi connectivity index (χ1v) is 12.9. The van der Waals surface area contributed by atoms with Crippen LogP contribution >= 0.6 is 0 Å². The van der Waals surface area contributed by atoms with Crippen LogP contribution in [0.3, 0.4) is 0 Å². The molecule has 0 radical (unpaired) electrons. The highest BCUT2D eigenvalue weighted by molar-refractivity contribution is 5.99. The Kier molecular flexibility index (Phi) is 10.9. The van der Waals surface area contributed by atoms with Crippen molar-refractivity contribution in [3.63, 3.8) is 0 Å². The number of aryl methyl sites for hydroxylation is 1. The SMILES string of the molecule is CCCN1C(=O)CN(CC(=O)NC(Cc2cc(F)cc(F)c2)C(O)CNCc2cccc(CC)c2)CC1=O. The maximum atomic E-state index is 13.8. The fourth-order valence-electron chi connectivity index (χ4n) is 4.52. The molecule has 206 valence electrons. The van der Waals surface area contributed by atoms with E-state index in [1.54, 1.807) is 0 Å². The van der Waals surface area contributed by atoms with Crippen molar-refractivity contribution in [1.29, 1.82) is 0 Å². The lowest BCUT2D eigenvalue weighted by Gasteiger charge is -2.32. The van der Waals surface area contributed by atoms with Crippen LogP contribution in [0.25, 0.3) is 0 Å². The smallest absolute Gasteiger partial charge is 0.243 e. The van der Waals surface area contributed by atoms with Gasteiger partial charge < -0.3 is 15.7 Å². The Morgan fingerprint density at radius 1 is 1.00 bits per heavy atom. The number of nitrogens with one attached hydrogen (secondary N) is 2. The molecule has 2 aromatic rings. The molecule has 8 nitrogen and oxygen atoms in total. The molecule has 3 N–H and O–H groups in total. The summed E-state index contributed by atoms with van der Waals surface area (Å²) >= 11 is 0. The molecule has 1 fully saturated rings. The van der Waals surface area contributed by atoms with Gasteiger partial charge in [0, 0.05) is 25.7 Å². The third-order valence-corrected chi connectivity index (χ3v) is 6.41. The Bertz CT molecular complexity index is 1090. The van der Waals surface area contributed by atoms with Crippen LogP contribution < -0.4 is 10.6 Å². The van der Waals surface area contributed by atoms with Crippen LogP contribution in [0.4, 0.5) is 8.78 Å². The van der Waals surface area contributed by atoms with Crippen LogP contribution in [0.5, 0.6) is 0 Å². The second kappa shape index (κ2) is 14.1. The highest BCUT2D eigenvalue weighted by Crippen LogP contribution is 2.13. The van der Waals surface area contributed by atoms with E-state index in [-0.39, 0.29) is 50.0 Å². The summed E-state index contributed by atoms with van der Waals surface area (Å²) in [5.41, 5.74) is 2.51. The average molecular weight is 531 g/mol. The average Bonchev–Trinajstić information content (AvgIpc) is 2.85. The standard InChI is InChI=1S/C28H36F2N4O4/c1-3-8-34-27(37)17-33(18-28(34)38)16-26(36)32-24(12-21-10-22(29)13-23(30)11-21)25(35)15-31-14-20-7-5-6-19(4-2)9-20/h5-7,9-11,13,24-25,31,35H,3-4,8,12,14-18H2,1-2H3,(H,32,36). The van der Waals surface area contributed by atoms with Crippen molar-refractivity contribution in [2.75, 3.05) is 32.7 Å². The van der Waals surface area contributed by atoms with Gasteiger partial charge in [-0.3, -0.25) is 24.2 Å². The van der Waals surface area contributed by atoms with Gasteiger partial charge in [-0.2, -0.15) is 0 Å². The number of nitrogens with zero attached hydrogens (tertiary/aromatic N) is 2. The number of hydrogen-bond donors (Lipinski definition) is 3. The molecule has 2 aromatic carbocycles. The van der Waals surface area contributed by atoms with Crippen LogP contribution in [0.1, 0.15) is 37.0 Å². The largest absolute Gasteiger partial charge is 0.390 e. The number of aliphatic hydroxyl groups excluding tert-OH is 1. The highest BCUT2D eigenvalue weighted by atomic mass is 19.1. The Balaban J connectivity index is 1.64. The summed E-state index contributed by atoms with van der Waals surface area (Å²) in [6.45, 7) is 4.52. The summed E-state index contributed by atoms with van der Waals surface area (Å²) in [6, 6.07) is 10.2. The molecule has 38 heavy (non-hydrogen) atoms. The normalized spacial score (nSPS) is 16.0. The summed E-state index contributed by atoms with van der Waals surface area (Å²) in [5.74, 6) is -2.74. The van der Waals surface area contributed by atoms with E-state index in [0.717, 1.165) is 30.2 Å². The van der Waals surface area contributed by atoms with Crippen molar-refractivity contribution < 1.29 is 28.3 Å². The number of halogens is 2. The van der Waals surface area contributed by atoms with Crippen LogP contribution in [0.15, 0.2) is 42.5 Å². The molecule has 1 heterocycles. The monoisotopic (exact) mass is 530 g/mol. The predicted octanol–water partition coefficient (Wildman–Crippen LogP) is 1.79. The summed E-state index contributed by atoms with van der Waals surface area (Å²) < 4.78 is 27.6. The fourth-order valence-corrected chi connectivity index (χ4v) is 4.52. The van der Waals surface area contributed by atoms with Gasteiger partial charge in [0.25, 0.3) is 0 Å². The number of carbonyl (C=O) groups is 3. The van der Waals surface area contributed by atoms with E-state index in [1.807, 2.05) is 25.1 Å². The van der Waals surface area contributed by atoms with Crippen molar-refractivity contribution in [2.24, 2.45) is 0 Å². The van der Waals surface area contributed by atoms with Crippen LogP contribution in [0, 0.1) is 11.6 Å². The second-order valence-electron chi connectivity index (χ2n) is 9.61. The molecule has 0 aliphatic carbocycles. The first-order valence-electron chi connectivity index (χ1n) is 12.9. The number of rotatable bonds is 13. The lowest BCUT2D eigenvalue weighted by Crippen LogP contribution is -2.57. The zero-order valence-electron chi connectivity index (χ0n) is 21.9. The Morgan fingerprint density at radius 3 is 2.29 bits per heavy atom. The topological polar surface area (TPSA) is 102 Å². The first kappa shape index (κ1) is 29.3. The maximum absolute atomic E-state index is 13.8. The molecule has 0 bridgehead atoms. The summed E-state index contributed by atoms with van der Waals surface area (Å²) in [4.78, 5) is 40.1. The van der Waals surface area contributed by atoms with Crippen LogP contribution in [-0.4, -0.2) is 77.5 Å². The number of piperazine rings is 1. The van der Waals surface area contributed by atoms with Gasteiger partial charge in [0.15, 0.2) is 0 Å². The van der Waals surface area contributed by atoms with E-state index in [1.165, 1.54) is 15.4 Å². The van der Waals surface area contributed by atoms with E-state index in [9.17, 15) is 28.3 Å². The summed E-state index contributed by atoms with van der Waals surface area (Å²) in [5, 5.41) is 16.8. The number of amides is 3. The lowest BCUT2D eigenvalue weighted by molar-refractivity contribution is -0.151.